The minimum absolute atomic E-state index is 0.133. The Morgan fingerprint density at radius 2 is 2.17 bits per heavy atom. The number of halogens is 1. The Hall–Kier alpha value is -2.96. The Kier molecular flexibility index (Phi) is 4.49. The lowest BCUT2D eigenvalue weighted by Crippen LogP contribution is -2.41. The Labute approximate surface area is 175 Å². The second-order valence-electron chi connectivity index (χ2n) is 8.47. The molecule has 1 aliphatic carbocycles. The van der Waals surface area contributed by atoms with Gasteiger partial charge in [0.1, 0.15) is 5.69 Å². The Morgan fingerprint density at radius 3 is 2.87 bits per heavy atom. The molecule has 0 bridgehead atoms. The lowest BCUT2D eigenvalue weighted by Gasteiger charge is -2.27. The third-order valence-corrected chi connectivity index (χ3v) is 6.37. The van der Waals surface area contributed by atoms with E-state index in [1.807, 2.05) is 18.2 Å². The van der Waals surface area contributed by atoms with Crippen LogP contribution in [0.15, 0.2) is 42.6 Å². The van der Waals surface area contributed by atoms with E-state index in [2.05, 4.69) is 27.5 Å². The molecule has 1 amide bonds. The molecule has 3 aliphatic rings. The molecule has 0 spiro atoms. The van der Waals surface area contributed by atoms with Gasteiger partial charge in [0.25, 0.3) is 11.8 Å². The van der Waals surface area contributed by atoms with Gasteiger partial charge in [-0.3, -0.25) is 4.79 Å². The molecular weight excluding hydrogens is 381 g/mol. The SMILES string of the molecule is CCCC(C1CC1)N1Cc2cc(-c3nnn(C4(F)C=CC=CN4)c3C)ccc2C1=O. The number of dihydropyridines is 1. The van der Waals surface area contributed by atoms with Gasteiger partial charge in [-0.1, -0.05) is 30.7 Å². The van der Waals surface area contributed by atoms with Crippen LogP contribution in [0.1, 0.15) is 54.2 Å². The van der Waals surface area contributed by atoms with Crippen LogP contribution >= 0.6 is 0 Å². The molecular formula is C23H26FN5O. The number of nitrogens with one attached hydrogen (secondary N) is 1. The highest BCUT2D eigenvalue weighted by Gasteiger charge is 2.40. The Bertz CT molecular complexity index is 1050. The van der Waals surface area contributed by atoms with Gasteiger partial charge >= 0.3 is 0 Å². The average molecular weight is 407 g/mol. The zero-order valence-electron chi connectivity index (χ0n) is 17.3. The van der Waals surface area contributed by atoms with Gasteiger partial charge in [0.05, 0.1) is 5.69 Å². The maximum absolute atomic E-state index is 15.2. The largest absolute Gasteiger partial charge is 0.338 e. The summed E-state index contributed by atoms with van der Waals surface area (Å²) in [5.41, 5.74) is 3.88. The van der Waals surface area contributed by atoms with Crippen LogP contribution in [0.2, 0.25) is 0 Å². The van der Waals surface area contributed by atoms with Crippen LogP contribution in [0.4, 0.5) is 4.39 Å². The van der Waals surface area contributed by atoms with Crippen LogP contribution in [0.25, 0.3) is 11.3 Å². The number of carbonyl (C=O) groups excluding carboxylic acids is 1. The topological polar surface area (TPSA) is 63.1 Å². The molecule has 7 heteroatoms. The van der Waals surface area contributed by atoms with Crippen molar-refractivity contribution in [2.24, 2.45) is 5.92 Å². The van der Waals surface area contributed by atoms with Crippen molar-refractivity contribution in [3.05, 3.63) is 59.4 Å². The average Bonchev–Trinajstić information content (AvgIpc) is 3.43. The molecule has 1 aromatic carbocycles. The molecule has 1 saturated carbocycles. The summed E-state index contributed by atoms with van der Waals surface area (Å²) in [6.07, 6.45) is 10.9. The third kappa shape index (κ3) is 3.04. The molecule has 2 atom stereocenters. The number of carbonyl (C=O) groups is 1. The maximum atomic E-state index is 15.2. The van der Waals surface area contributed by atoms with E-state index >= 15 is 4.39 Å². The number of amides is 1. The summed E-state index contributed by atoms with van der Waals surface area (Å²) in [7, 11) is 0. The number of nitrogens with zero attached hydrogens (tertiary/aromatic N) is 4. The first-order chi connectivity index (χ1) is 14.5. The predicted molar refractivity (Wildman–Crippen MR) is 112 cm³/mol. The van der Waals surface area contributed by atoms with Crippen LogP contribution < -0.4 is 5.32 Å². The molecule has 1 aromatic heterocycles. The smallest absolute Gasteiger partial charge is 0.297 e. The van der Waals surface area contributed by atoms with Crippen LogP contribution in [0, 0.1) is 12.8 Å². The van der Waals surface area contributed by atoms with E-state index < -0.39 is 5.92 Å². The Balaban J connectivity index is 1.44. The van der Waals surface area contributed by atoms with Crippen LogP contribution in [-0.2, 0) is 12.5 Å². The number of rotatable bonds is 6. The number of hydrogen-bond donors (Lipinski definition) is 1. The lowest BCUT2D eigenvalue weighted by atomic mass is 10.0. The monoisotopic (exact) mass is 407 g/mol. The summed E-state index contributed by atoms with van der Waals surface area (Å²) in [6, 6.07) is 6.13. The zero-order chi connectivity index (χ0) is 20.9. The fourth-order valence-electron chi connectivity index (χ4n) is 4.67. The van der Waals surface area contributed by atoms with Gasteiger partial charge in [0.15, 0.2) is 0 Å². The van der Waals surface area contributed by atoms with Crippen molar-refractivity contribution < 1.29 is 9.18 Å². The highest BCUT2D eigenvalue weighted by atomic mass is 19.1. The van der Waals surface area contributed by atoms with E-state index in [9.17, 15) is 4.79 Å². The zero-order valence-corrected chi connectivity index (χ0v) is 17.3. The third-order valence-electron chi connectivity index (χ3n) is 6.37. The van der Waals surface area contributed by atoms with Crippen molar-refractivity contribution in [1.82, 2.24) is 25.2 Å². The molecule has 156 valence electrons. The number of allylic oxidation sites excluding steroid dienone is 2. The van der Waals surface area contributed by atoms with Crippen molar-refractivity contribution >= 4 is 5.91 Å². The first-order valence-corrected chi connectivity index (χ1v) is 10.7. The number of benzene rings is 1. The van der Waals surface area contributed by atoms with E-state index in [1.54, 1.807) is 25.3 Å². The van der Waals surface area contributed by atoms with E-state index in [4.69, 9.17) is 0 Å². The second kappa shape index (κ2) is 7.07. The van der Waals surface area contributed by atoms with Crippen LogP contribution in [-0.4, -0.2) is 31.8 Å². The molecule has 1 N–H and O–H groups in total. The van der Waals surface area contributed by atoms with E-state index in [-0.39, 0.29) is 5.91 Å². The molecule has 1 fully saturated rings. The summed E-state index contributed by atoms with van der Waals surface area (Å²) < 4.78 is 16.5. The maximum Gasteiger partial charge on any atom is 0.297 e. The lowest BCUT2D eigenvalue weighted by molar-refractivity contribution is 0.0667. The molecule has 2 aromatic rings. The number of fused-ring (bicyclic) bond motifs is 1. The number of alkyl halides is 1. The quantitative estimate of drug-likeness (QED) is 0.734. The number of hydrogen-bond acceptors (Lipinski definition) is 4. The Morgan fingerprint density at radius 1 is 1.33 bits per heavy atom. The standard InChI is InChI=1S/C23H26FN5O/c1-3-6-20(16-7-8-16)28-14-18-13-17(9-10-19(18)22(28)30)21-15(2)29(27-26-21)23(24)11-4-5-12-25-23/h4-5,9-13,16,20,25H,3,6-8,14H2,1-2H3. The molecule has 0 radical (unpaired) electrons. The number of aromatic nitrogens is 3. The highest BCUT2D eigenvalue weighted by Crippen LogP contribution is 2.41. The van der Waals surface area contributed by atoms with E-state index in [1.165, 1.54) is 23.6 Å². The molecule has 3 heterocycles. The fraction of sp³-hybridized carbons (Fsp3) is 0.435. The van der Waals surface area contributed by atoms with Crippen molar-refractivity contribution in [2.45, 2.75) is 58.0 Å². The first-order valence-electron chi connectivity index (χ1n) is 10.7. The van der Waals surface area contributed by atoms with Crippen molar-refractivity contribution in [3.63, 3.8) is 0 Å². The van der Waals surface area contributed by atoms with Crippen LogP contribution in [0.5, 0.6) is 0 Å². The molecule has 2 aliphatic heterocycles. The van der Waals surface area contributed by atoms with Crippen molar-refractivity contribution in [3.8, 4) is 11.3 Å². The summed E-state index contributed by atoms with van der Waals surface area (Å²) >= 11 is 0. The normalized spacial score (nSPS) is 23.6. The van der Waals surface area contributed by atoms with Gasteiger partial charge in [0.2, 0.25) is 0 Å². The fourth-order valence-corrected chi connectivity index (χ4v) is 4.67. The predicted octanol–water partition coefficient (Wildman–Crippen LogP) is 4.04. The second-order valence-corrected chi connectivity index (χ2v) is 8.47. The summed E-state index contributed by atoms with van der Waals surface area (Å²) in [5, 5.41) is 11.0. The molecule has 30 heavy (non-hydrogen) atoms. The van der Waals surface area contributed by atoms with Gasteiger partial charge in [-0.05, 0) is 62.0 Å². The van der Waals surface area contributed by atoms with Gasteiger partial charge in [-0.2, -0.15) is 9.07 Å². The van der Waals surface area contributed by atoms with Crippen LogP contribution in [0.3, 0.4) is 0 Å². The molecule has 5 rings (SSSR count). The summed E-state index contributed by atoms with van der Waals surface area (Å²) in [5.74, 6) is -1.16. The van der Waals surface area contributed by atoms with E-state index in [0.717, 1.165) is 29.5 Å². The molecule has 0 saturated heterocycles. The highest BCUT2D eigenvalue weighted by molar-refractivity contribution is 5.99. The molecule has 2 unspecified atom stereocenters. The van der Waals surface area contributed by atoms with Gasteiger partial charge in [0, 0.05) is 29.9 Å². The van der Waals surface area contributed by atoms with Gasteiger partial charge in [-0.15, -0.1) is 5.10 Å². The van der Waals surface area contributed by atoms with Crippen molar-refractivity contribution in [1.29, 1.82) is 0 Å². The summed E-state index contributed by atoms with van der Waals surface area (Å²) in [4.78, 5) is 15.1. The van der Waals surface area contributed by atoms with Gasteiger partial charge in [-0.25, -0.2) is 0 Å². The molecule has 6 nitrogen and oxygen atoms in total. The van der Waals surface area contributed by atoms with Gasteiger partial charge < -0.3 is 10.2 Å². The first kappa shape index (κ1) is 19.0. The summed E-state index contributed by atoms with van der Waals surface area (Å²) in [6.45, 7) is 4.62. The van der Waals surface area contributed by atoms with E-state index in [0.29, 0.717) is 29.9 Å². The van der Waals surface area contributed by atoms with Crippen molar-refractivity contribution in [2.75, 3.05) is 0 Å². The minimum Gasteiger partial charge on any atom is -0.338 e. The minimum atomic E-state index is -1.94.